The Hall–Kier alpha value is -1.74. The van der Waals surface area contributed by atoms with Crippen LogP contribution >= 0.6 is 0 Å². The van der Waals surface area contributed by atoms with Crippen LogP contribution in [0.5, 0.6) is 0 Å². The molecule has 0 aliphatic rings. The van der Waals surface area contributed by atoms with E-state index < -0.39 is 0 Å². The molecule has 1 nitrogen and oxygen atoms in total. The fourth-order valence-corrected chi connectivity index (χ4v) is 2.18. The van der Waals surface area contributed by atoms with E-state index in [1.54, 1.807) is 12.1 Å². The van der Waals surface area contributed by atoms with E-state index in [0.29, 0.717) is 6.42 Å². The normalized spacial score (nSPS) is 12.4. The summed E-state index contributed by atoms with van der Waals surface area (Å²) in [6.07, 6.45) is 0.634. The minimum absolute atomic E-state index is 0.0116. The molecule has 0 aliphatic heterocycles. The van der Waals surface area contributed by atoms with Crippen LogP contribution in [0, 0.1) is 11.6 Å². The van der Waals surface area contributed by atoms with Crippen LogP contribution in [-0.2, 0) is 6.42 Å². The van der Waals surface area contributed by atoms with Gasteiger partial charge >= 0.3 is 0 Å². The maximum Gasteiger partial charge on any atom is 0.123 e. The van der Waals surface area contributed by atoms with Crippen molar-refractivity contribution in [1.29, 1.82) is 0 Å². The largest absolute Gasteiger partial charge is 0.310 e. The predicted octanol–water partition coefficient (Wildman–Crippen LogP) is 3.86. The monoisotopic (exact) mass is 261 g/mol. The Morgan fingerprint density at radius 3 is 2.32 bits per heavy atom. The van der Waals surface area contributed by atoms with Crippen LogP contribution in [0.3, 0.4) is 0 Å². The van der Waals surface area contributed by atoms with E-state index >= 15 is 0 Å². The quantitative estimate of drug-likeness (QED) is 0.861. The van der Waals surface area contributed by atoms with Crippen molar-refractivity contribution in [1.82, 2.24) is 5.32 Å². The minimum Gasteiger partial charge on any atom is -0.310 e. The first-order valence-electron chi connectivity index (χ1n) is 6.42. The Bertz CT molecular complexity index is 540. The van der Waals surface area contributed by atoms with E-state index in [1.807, 2.05) is 19.1 Å². The van der Waals surface area contributed by atoms with Crippen molar-refractivity contribution < 1.29 is 8.78 Å². The zero-order valence-corrected chi connectivity index (χ0v) is 10.9. The fraction of sp³-hybridized carbons (Fsp3) is 0.250. The Morgan fingerprint density at radius 1 is 1.00 bits per heavy atom. The molecule has 0 fully saturated rings. The maximum atomic E-state index is 13.3. The lowest BCUT2D eigenvalue weighted by atomic mass is 9.98. The van der Waals surface area contributed by atoms with Gasteiger partial charge in [0.15, 0.2) is 0 Å². The van der Waals surface area contributed by atoms with E-state index in [9.17, 15) is 8.78 Å². The zero-order valence-electron chi connectivity index (χ0n) is 10.9. The first kappa shape index (κ1) is 13.7. The maximum absolute atomic E-state index is 13.3. The van der Waals surface area contributed by atoms with E-state index in [0.717, 1.165) is 17.7 Å². The number of halogens is 2. The molecule has 0 spiro atoms. The summed E-state index contributed by atoms with van der Waals surface area (Å²) in [5.41, 5.74) is 1.78. The molecule has 2 aromatic carbocycles. The lowest BCUT2D eigenvalue weighted by Gasteiger charge is -2.18. The SMILES string of the molecule is CCNC(Cc1cccc(F)c1)c1cccc(F)c1. The van der Waals surface area contributed by atoms with Gasteiger partial charge in [0.05, 0.1) is 0 Å². The standard InChI is InChI=1S/C16H17F2N/c1-2-19-16(13-6-4-8-15(18)11-13)10-12-5-3-7-14(17)9-12/h3-9,11,16,19H,2,10H2,1H3. The Morgan fingerprint density at radius 2 is 1.68 bits per heavy atom. The lowest BCUT2D eigenvalue weighted by molar-refractivity contribution is 0.540. The van der Waals surface area contributed by atoms with Crippen LogP contribution in [0.25, 0.3) is 0 Å². The summed E-state index contributed by atoms with van der Waals surface area (Å²) < 4.78 is 26.5. The molecule has 0 radical (unpaired) electrons. The zero-order chi connectivity index (χ0) is 13.7. The van der Waals surface area contributed by atoms with Gasteiger partial charge in [-0.15, -0.1) is 0 Å². The van der Waals surface area contributed by atoms with Crippen LogP contribution in [0.2, 0.25) is 0 Å². The minimum atomic E-state index is -0.250. The van der Waals surface area contributed by atoms with Crippen LogP contribution in [0.15, 0.2) is 48.5 Å². The van der Waals surface area contributed by atoms with Crippen molar-refractivity contribution >= 4 is 0 Å². The topological polar surface area (TPSA) is 12.0 Å². The van der Waals surface area contributed by atoms with Gasteiger partial charge in [-0.05, 0) is 48.4 Å². The van der Waals surface area contributed by atoms with Crippen molar-refractivity contribution in [2.75, 3.05) is 6.54 Å². The number of hydrogen-bond acceptors (Lipinski definition) is 1. The third-order valence-corrected chi connectivity index (χ3v) is 3.03. The third-order valence-electron chi connectivity index (χ3n) is 3.03. The van der Waals surface area contributed by atoms with Gasteiger partial charge in [-0.3, -0.25) is 0 Å². The van der Waals surface area contributed by atoms with E-state index in [4.69, 9.17) is 0 Å². The molecule has 2 aromatic rings. The average molecular weight is 261 g/mol. The molecule has 0 saturated heterocycles. The molecule has 1 atom stereocenters. The van der Waals surface area contributed by atoms with Gasteiger partial charge in [-0.2, -0.15) is 0 Å². The molecule has 0 aromatic heterocycles. The first-order valence-corrected chi connectivity index (χ1v) is 6.42. The second-order valence-corrected chi connectivity index (χ2v) is 4.50. The third kappa shape index (κ3) is 3.86. The number of rotatable bonds is 5. The van der Waals surface area contributed by atoms with Gasteiger partial charge in [-0.25, -0.2) is 8.78 Å². The van der Waals surface area contributed by atoms with E-state index in [-0.39, 0.29) is 17.7 Å². The summed E-state index contributed by atoms with van der Waals surface area (Å²) in [5, 5.41) is 3.30. The first-order chi connectivity index (χ1) is 9.19. The molecule has 1 N–H and O–H groups in total. The summed E-state index contributed by atoms with van der Waals surface area (Å²) in [6.45, 7) is 2.77. The van der Waals surface area contributed by atoms with Crippen molar-refractivity contribution in [3.8, 4) is 0 Å². The molecule has 0 bridgehead atoms. The second kappa shape index (κ2) is 6.43. The van der Waals surface area contributed by atoms with Gasteiger partial charge in [0.25, 0.3) is 0 Å². The number of benzene rings is 2. The van der Waals surface area contributed by atoms with Crippen molar-refractivity contribution in [2.45, 2.75) is 19.4 Å². The smallest absolute Gasteiger partial charge is 0.123 e. The van der Waals surface area contributed by atoms with Crippen LogP contribution < -0.4 is 5.32 Å². The molecule has 0 amide bonds. The van der Waals surface area contributed by atoms with Gasteiger partial charge in [0.1, 0.15) is 11.6 Å². The Balaban J connectivity index is 2.21. The molecular weight excluding hydrogens is 244 g/mol. The average Bonchev–Trinajstić information content (AvgIpc) is 2.38. The van der Waals surface area contributed by atoms with Gasteiger partial charge in [-0.1, -0.05) is 31.2 Å². The summed E-state index contributed by atoms with van der Waals surface area (Å²) in [5.74, 6) is -0.494. The molecule has 1 unspecified atom stereocenters. The summed E-state index contributed by atoms with van der Waals surface area (Å²) in [4.78, 5) is 0. The Kier molecular flexibility index (Phi) is 4.63. The van der Waals surface area contributed by atoms with Crippen LogP contribution in [0.4, 0.5) is 8.78 Å². The van der Waals surface area contributed by atoms with Crippen molar-refractivity contribution in [3.05, 3.63) is 71.3 Å². The van der Waals surface area contributed by atoms with Crippen molar-refractivity contribution in [3.63, 3.8) is 0 Å². The van der Waals surface area contributed by atoms with Crippen molar-refractivity contribution in [2.24, 2.45) is 0 Å². The highest BCUT2D eigenvalue weighted by atomic mass is 19.1. The van der Waals surface area contributed by atoms with Gasteiger partial charge in [0.2, 0.25) is 0 Å². The summed E-state index contributed by atoms with van der Waals surface area (Å²) in [7, 11) is 0. The fourth-order valence-electron chi connectivity index (χ4n) is 2.18. The molecule has 3 heteroatoms. The predicted molar refractivity (Wildman–Crippen MR) is 72.9 cm³/mol. The Labute approximate surface area is 112 Å². The molecule has 0 heterocycles. The highest BCUT2D eigenvalue weighted by molar-refractivity contribution is 5.24. The summed E-state index contributed by atoms with van der Waals surface area (Å²) >= 11 is 0. The second-order valence-electron chi connectivity index (χ2n) is 4.50. The number of likely N-dealkylation sites (N-methyl/N-ethyl adjacent to an activating group) is 1. The van der Waals surface area contributed by atoms with E-state index in [2.05, 4.69) is 5.32 Å². The highest BCUT2D eigenvalue weighted by Crippen LogP contribution is 2.19. The molecule has 19 heavy (non-hydrogen) atoms. The van der Waals surface area contributed by atoms with Gasteiger partial charge in [0, 0.05) is 6.04 Å². The van der Waals surface area contributed by atoms with E-state index in [1.165, 1.54) is 24.3 Å². The molecule has 0 saturated carbocycles. The lowest BCUT2D eigenvalue weighted by Crippen LogP contribution is -2.23. The molecule has 100 valence electrons. The highest BCUT2D eigenvalue weighted by Gasteiger charge is 2.12. The summed E-state index contributed by atoms with van der Waals surface area (Å²) in [6, 6.07) is 13.0. The molecular formula is C16H17F2N. The van der Waals surface area contributed by atoms with Crippen LogP contribution in [0.1, 0.15) is 24.1 Å². The van der Waals surface area contributed by atoms with Crippen LogP contribution in [-0.4, -0.2) is 6.54 Å². The number of nitrogens with one attached hydrogen (secondary N) is 1. The van der Waals surface area contributed by atoms with Gasteiger partial charge < -0.3 is 5.32 Å². The molecule has 2 rings (SSSR count). The molecule has 0 aliphatic carbocycles. The number of hydrogen-bond donors (Lipinski definition) is 1.